The van der Waals surface area contributed by atoms with Crippen molar-refractivity contribution in [3.63, 3.8) is 0 Å². The van der Waals surface area contributed by atoms with Crippen LogP contribution in [0.4, 0.5) is 35.1 Å². The van der Waals surface area contributed by atoms with Gasteiger partial charge in [0.15, 0.2) is 29.0 Å². The molecule has 0 saturated heterocycles. The smallest absolute Gasteiger partial charge is 0.314 e. The lowest BCUT2D eigenvalue weighted by Crippen LogP contribution is -2.26. The molecule has 0 unspecified atom stereocenters. The molecule has 11 heteroatoms. The Kier molecular flexibility index (Phi) is 9.41. The third kappa shape index (κ3) is 5.70. The summed E-state index contributed by atoms with van der Waals surface area (Å²) in [4.78, 5) is 12.5. The van der Waals surface area contributed by atoms with Gasteiger partial charge in [-0.25, -0.2) is 17.6 Å². The molecule has 0 amide bonds. The summed E-state index contributed by atoms with van der Waals surface area (Å²) >= 11 is 0. The highest BCUT2D eigenvalue weighted by molar-refractivity contribution is 5.76. The second kappa shape index (κ2) is 12.1. The molecule has 0 N–H and O–H groups in total. The average Bonchev–Trinajstić information content (AvgIpc) is 2.89. The van der Waals surface area contributed by atoms with Crippen LogP contribution in [-0.4, -0.2) is 12.6 Å². The molecule has 37 heavy (non-hydrogen) atoms. The van der Waals surface area contributed by atoms with Gasteiger partial charge in [-0.05, 0) is 38.5 Å². The first-order valence-electron chi connectivity index (χ1n) is 12.1. The van der Waals surface area contributed by atoms with E-state index in [-0.39, 0.29) is 0 Å². The van der Waals surface area contributed by atoms with Gasteiger partial charge in [-0.3, -0.25) is 4.79 Å². The van der Waals surface area contributed by atoms with Crippen LogP contribution in [0.2, 0.25) is 0 Å². The minimum atomic E-state index is -2.40. The molecular formula is C26H26F8O3. The second-order valence-electron chi connectivity index (χ2n) is 8.99. The Bertz CT molecular complexity index is 1100. The summed E-state index contributed by atoms with van der Waals surface area (Å²) in [6.07, 6.45) is 6.21. The standard InChI is InChI=1S/C26H26F8O3/c1-3-5-6-7-12-8-10-13(11-9-12)26(35)37-25-22(33)18(29)15(19(30)23(25)34)14-16(27)20(31)24(36-4-2)21(32)17(14)28/h12-13H,3-11H2,1-2H3. The van der Waals surface area contributed by atoms with Crippen LogP contribution >= 0.6 is 0 Å². The number of unbranched alkanes of at least 4 members (excludes halogenated alkanes) is 2. The lowest BCUT2D eigenvalue weighted by atomic mass is 9.80. The SMILES string of the molecule is CCCCCC1CCC(C(=O)Oc2c(F)c(F)c(-c3c(F)c(F)c(OCC)c(F)c3F)c(F)c2F)CC1. The summed E-state index contributed by atoms with van der Waals surface area (Å²) in [5.74, 6) is -23.1. The zero-order valence-electron chi connectivity index (χ0n) is 20.3. The van der Waals surface area contributed by atoms with E-state index >= 15 is 0 Å². The summed E-state index contributed by atoms with van der Waals surface area (Å²) in [5.41, 5.74) is -4.07. The Labute approximate surface area is 208 Å². The van der Waals surface area contributed by atoms with E-state index in [9.17, 15) is 39.9 Å². The normalized spacial score (nSPS) is 17.7. The molecule has 0 bridgehead atoms. The van der Waals surface area contributed by atoms with Crippen molar-refractivity contribution in [2.24, 2.45) is 11.8 Å². The van der Waals surface area contributed by atoms with Crippen LogP contribution < -0.4 is 9.47 Å². The summed E-state index contributed by atoms with van der Waals surface area (Å²) in [6, 6.07) is 0. The van der Waals surface area contributed by atoms with Gasteiger partial charge in [0, 0.05) is 0 Å². The van der Waals surface area contributed by atoms with Gasteiger partial charge in [-0.1, -0.05) is 32.6 Å². The molecule has 0 heterocycles. The minimum absolute atomic E-state index is 0.350. The number of hydrogen-bond donors (Lipinski definition) is 0. The molecule has 0 spiro atoms. The monoisotopic (exact) mass is 538 g/mol. The predicted octanol–water partition coefficient (Wildman–Crippen LogP) is 8.16. The number of halogens is 8. The van der Waals surface area contributed by atoms with Crippen molar-refractivity contribution in [2.75, 3.05) is 6.61 Å². The maximum absolute atomic E-state index is 14.8. The highest BCUT2D eigenvalue weighted by Gasteiger charge is 2.37. The van der Waals surface area contributed by atoms with E-state index in [4.69, 9.17) is 0 Å². The van der Waals surface area contributed by atoms with Crippen LogP contribution in [0.15, 0.2) is 0 Å². The quantitative estimate of drug-likeness (QED) is 0.106. The fourth-order valence-corrected chi connectivity index (χ4v) is 4.58. The fraction of sp³-hybridized carbons (Fsp3) is 0.500. The van der Waals surface area contributed by atoms with E-state index in [1.807, 2.05) is 0 Å². The van der Waals surface area contributed by atoms with Crippen molar-refractivity contribution in [1.82, 2.24) is 0 Å². The number of hydrogen-bond acceptors (Lipinski definition) is 3. The summed E-state index contributed by atoms with van der Waals surface area (Å²) in [6.45, 7) is 2.90. The largest absolute Gasteiger partial charge is 0.488 e. The van der Waals surface area contributed by atoms with Gasteiger partial charge in [-0.15, -0.1) is 0 Å². The van der Waals surface area contributed by atoms with Gasteiger partial charge in [0.2, 0.25) is 29.0 Å². The number of esters is 1. The Hall–Kier alpha value is -2.85. The van der Waals surface area contributed by atoms with Crippen molar-refractivity contribution in [3.05, 3.63) is 46.5 Å². The van der Waals surface area contributed by atoms with E-state index in [0.29, 0.717) is 31.6 Å². The van der Waals surface area contributed by atoms with Gasteiger partial charge in [-0.2, -0.15) is 17.6 Å². The van der Waals surface area contributed by atoms with Crippen LogP contribution in [0.1, 0.15) is 65.2 Å². The third-order valence-electron chi connectivity index (χ3n) is 6.58. The highest BCUT2D eigenvalue weighted by Crippen LogP contribution is 2.42. The van der Waals surface area contributed by atoms with E-state index in [1.54, 1.807) is 0 Å². The van der Waals surface area contributed by atoms with E-state index < -0.39 is 87.7 Å². The summed E-state index contributed by atoms with van der Waals surface area (Å²) in [7, 11) is 0. The first-order chi connectivity index (χ1) is 17.5. The van der Waals surface area contributed by atoms with Crippen LogP contribution in [0.3, 0.4) is 0 Å². The molecule has 0 aromatic heterocycles. The fourth-order valence-electron chi connectivity index (χ4n) is 4.58. The van der Waals surface area contributed by atoms with Gasteiger partial charge in [0.1, 0.15) is 0 Å². The molecule has 0 atom stereocenters. The van der Waals surface area contributed by atoms with Crippen molar-refractivity contribution < 1.29 is 49.4 Å². The van der Waals surface area contributed by atoms with Crippen molar-refractivity contribution in [3.8, 4) is 22.6 Å². The predicted molar refractivity (Wildman–Crippen MR) is 118 cm³/mol. The van der Waals surface area contributed by atoms with E-state index in [2.05, 4.69) is 16.4 Å². The first-order valence-corrected chi connectivity index (χ1v) is 12.1. The highest BCUT2D eigenvalue weighted by atomic mass is 19.2. The molecule has 1 aliphatic rings. The van der Waals surface area contributed by atoms with Crippen LogP contribution in [0, 0.1) is 58.4 Å². The Morgan fingerprint density at radius 1 is 0.676 bits per heavy atom. The Morgan fingerprint density at radius 3 is 1.57 bits per heavy atom. The summed E-state index contributed by atoms with van der Waals surface area (Å²) < 4.78 is 125. The molecule has 1 saturated carbocycles. The zero-order valence-corrected chi connectivity index (χ0v) is 20.3. The van der Waals surface area contributed by atoms with Crippen molar-refractivity contribution in [2.45, 2.75) is 65.2 Å². The Balaban J connectivity index is 1.90. The number of rotatable bonds is 9. The molecule has 0 radical (unpaired) electrons. The molecule has 1 fully saturated rings. The van der Waals surface area contributed by atoms with Gasteiger partial charge >= 0.3 is 5.97 Å². The number of carbonyl (C=O) groups is 1. The second-order valence-corrected chi connectivity index (χ2v) is 8.99. The molecular weight excluding hydrogens is 512 g/mol. The molecule has 204 valence electrons. The number of benzene rings is 2. The molecule has 3 nitrogen and oxygen atoms in total. The maximum atomic E-state index is 14.8. The van der Waals surface area contributed by atoms with Gasteiger partial charge in [0.25, 0.3) is 0 Å². The lowest BCUT2D eigenvalue weighted by Gasteiger charge is -2.27. The zero-order chi connectivity index (χ0) is 27.4. The minimum Gasteiger partial charge on any atom is -0.488 e. The molecule has 0 aliphatic heterocycles. The molecule has 1 aliphatic carbocycles. The van der Waals surface area contributed by atoms with E-state index in [1.165, 1.54) is 6.92 Å². The van der Waals surface area contributed by atoms with Gasteiger partial charge in [0.05, 0.1) is 23.7 Å². The topological polar surface area (TPSA) is 35.5 Å². The molecule has 2 aromatic rings. The maximum Gasteiger partial charge on any atom is 0.314 e. The van der Waals surface area contributed by atoms with Crippen LogP contribution in [-0.2, 0) is 4.79 Å². The third-order valence-corrected chi connectivity index (χ3v) is 6.58. The Morgan fingerprint density at radius 2 is 1.14 bits per heavy atom. The number of carbonyl (C=O) groups excluding carboxylic acids is 1. The molecule has 3 rings (SSSR count). The number of ether oxygens (including phenoxy) is 2. The van der Waals surface area contributed by atoms with Gasteiger partial charge < -0.3 is 9.47 Å². The average molecular weight is 538 g/mol. The van der Waals surface area contributed by atoms with Crippen molar-refractivity contribution >= 4 is 5.97 Å². The first kappa shape index (κ1) is 28.7. The van der Waals surface area contributed by atoms with Crippen LogP contribution in [0.5, 0.6) is 11.5 Å². The molecule has 2 aromatic carbocycles. The van der Waals surface area contributed by atoms with E-state index in [0.717, 1.165) is 25.7 Å². The summed E-state index contributed by atoms with van der Waals surface area (Å²) in [5, 5.41) is 0. The lowest BCUT2D eigenvalue weighted by molar-refractivity contribution is -0.140. The van der Waals surface area contributed by atoms with Crippen LogP contribution in [0.25, 0.3) is 11.1 Å². The van der Waals surface area contributed by atoms with Crippen molar-refractivity contribution in [1.29, 1.82) is 0 Å².